The highest BCUT2D eigenvalue weighted by atomic mass is 14.2. The molecule has 0 heteroatoms. The quantitative estimate of drug-likeness (QED) is 0.465. The standard InChI is InChI=1S/C15H20.C8H16.C4H10/c1-12-8-6-7-11-15(12)13(2)14-9-4-3-5-10-14;1-6-7(2)8(3,4)5;1-4(2)3/h6-8,11,14H,2-5,9-10H2,1H3;2,6H2,1,3-5H3;4H,1-3H3. The second kappa shape index (κ2) is 13.0. The van der Waals surface area contributed by atoms with Gasteiger partial charge in [-0.05, 0) is 60.1 Å². The Kier molecular flexibility index (Phi) is 12.4. The van der Waals surface area contributed by atoms with Gasteiger partial charge in [-0.1, -0.05) is 111 Å². The van der Waals surface area contributed by atoms with E-state index in [9.17, 15) is 0 Å². The van der Waals surface area contributed by atoms with Gasteiger partial charge in [0.2, 0.25) is 0 Å². The molecule has 0 amide bonds. The maximum Gasteiger partial charge on any atom is -0.0162 e. The monoisotopic (exact) mass is 370 g/mol. The van der Waals surface area contributed by atoms with Crippen LogP contribution >= 0.6 is 0 Å². The van der Waals surface area contributed by atoms with E-state index in [1.165, 1.54) is 54.4 Å². The topological polar surface area (TPSA) is 0 Å². The molecule has 0 aromatic heterocycles. The molecule has 0 unspecified atom stereocenters. The molecule has 0 heterocycles. The van der Waals surface area contributed by atoms with Crippen LogP contribution in [0.25, 0.3) is 5.57 Å². The van der Waals surface area contributed by atoms with Gasteiger partial charge in [0.15, 0.2) is 0 Å². The second-order valence-corrected chi connectivity index (χ2v) is 9.61. The van der Waals surface area contributed by atoms with Gasteiger partial charge in [0, 0.05) is 0 Å². The maximum absolute atomic E-state index is 4.31. The molecular formula is C27H46. The Bertz CT molecular complexity index is 545. The zero-order valence-corrected chi connectivity index (χ0v) is 19.6. The van der Waals surface area contributed by atoms with Crippen LogP contribution in [-0.4, -0.2) is 0 Å². The van der Waals surface area contributed by atoms with E-state index in [-0.39, 0.29) is 0 Å². The summed E-state index contributed by atoms with van der Waals surface area (Å²) >= 11 is 0. The molecule has 0 nitrogen and oxygen atoms in total. The Hall–Kier alpha value is -1.30. The zero-order chi connectivity index (χ0) is 21.0. The normalized spacial score (nSPS) is 14.6. The van der Waals surface area contributed by atoms with E-state index in [4.69, 9.17) is 0 Å². The first kappa shape index (κ1) is 25.7. The lowest BCUT2D eigenvalue weighted by Crippen LogP contribution is -2.08. The van der Waals surface area contributed by atoms with Crippen LogP contribution in [0.1, 0.15) is 98.1 Å². The van der Waals surface area contributed by atoms with E-state index < -0.39 is 0 Å². The fourth-order valence-electron chi connectivity index (χ4n) is 3.13. The molecule has 0 saturated heterocycles. The van der Waals surface area contributed by atoms with E-state index in [1.807, 2.05) is 0 Å². The van der Waals surface area contributed by atoms with Gasteiger partial charge in [-0.15, -0.1) is 0 Å². The molecule has 27 heavy (non-hydrogen) atoms. The van der Waals surface area contributed by atoms with Crippen LogP contribution in [-0.2, 0) is 0 Å². The summed E-state index contributed by atoms with van der Waals surface area (Å²) in [6.45, 7) is 25.7. The number of hydrogen-bond acceptors (Lipinski definition) is 0. The van der Waals surface area contributed by atoms with Crippen LogP contribution in [0.5, 0.6) is 0 Å². The van der Waals surface area contributed by atoms with Crippen LogP contribution in [0, 0.1) is 24.2 Å². The predicted molar refractivity (Wildman–Crippen MR) is 126 cm³/mol. The summed E-state index contributed by atoms with van der Waals surface area (Å²) in [5.41, 5.74) is 5.76. The Labute approximate surface area is 171 Å². The number of aryl methyl sites for hydroxylation is 1. The van der Waals surface area contributed by atoms with Crippen molar-refractivity contribution in [1.82, 2.24) is 0 Å². The SMILES string of the molecule is C=C(CC)C(C)(C)C.C=C(c1ccccc1C)C1CCCCC1.CC(C)C. The van der Waals surface area contributed by atoms with Crippen molar-refractivity contribution in [2.24, 2.45) is 17.3 Å². The summed E-state index contributed by atoms with van der Waals surface area (Å²) in [5, 5.41) is 0. The summed E-state index contributed by atoms with van der Waals surface area (Å²) in [5.74, 6) is 1.57. The highest BCUT2D eigenvalue weighted by molar-refractivity contribution is 5.67. The van der Waals surface area contributed by atoms with Crippen molar-refractivity contribution < 1.29 is 0 Å². The third-order valence-electron chi connectivity index (χ3n) is 5.08. The molecule has 0 spiro atoms. The molecule has 0 radical (unpaired) electrons. The zero-order valence-electron chi connectivity index (χ0n) is 19.6. The lowest BCUT2D eigenvalue weighted by molar-refractivity contribution is 0.430. The largest absolute Gasteiger partial charge is 0.0993 e. The first-order valence-electron chi connectivity index (χ1n) is 10.9. The van der Waals surface area contributed by atoms with Crippen LogP contribution < -0.4 is 0 Å². The second-order valence-electron chi connectivity index (χ2n) is 9.61. The number of allylic oxidation sites excluding steroid dienone is 2. The van der Waals surface area contributed by atoms with Gasteiger partial charge in [-0.3, -0.25) is 0 Å². The van der Waals surface area contributed by atoms with E-state index >= 15 is 0 Å². The summed E-state index contributed by atoms with van der Waals surface area (Å²) in [7, 11) is 0. The van der Waals surface area contributed by atoms with E-state index in [1.54, 1.807) is 0 Å². The lowest BCUT2D eigenvalue weighted by Gasteiger charge is -2.24. The molecule has 2 rings (SSSR count). The summed E-state index contributed by atoms with van der Waals surface area (Å²) in [6, 6.07) is 8.62. The Morgan fingerprint density at radius 2 is 1.48 bits per heavy atom. The predicted octanol–water partition coefficient (Wildman–Crippen LogP) is 9.25. The molecule has 1 fully saturated rings. The van der Waals surface area contributed by atoms with Gasteiger partial charge in [0.05, 0.1) is 0 Å². The van der Waals surface area contributed by atoms with Crippen molar-refractivity contribution in [3.05, 3.63) is 54.1 Å². The Morgan fingerprint density at radius 3 is 1.85 bits per heavy atom. The van der Waals surface area contributed by atoms with E-state index in [0.29, 0.717) is 5.41 Å². The van der Waals surface area contributed by atoms with Crippen LogP contribution in [0.15, 0.2) is 43.0 Å². The maximum atomic E-state index is 4.31. The molecule has 1 aliphatic rings. The molecule has 1 saturated carbocycles. The van der Waals surface area contributed by atoms with Gasteiger partial charge < -0.3 is 0 Å². The molecular weight excluding hydrogens is 324 g/mol. The summed E-state index contributed by atoms with van der Waals surface area (Å²) in [6.07, 6.45) is 7.96. The highest BCUT2D eigenvalue weighted by Gasteiger charge is 2.18. The fourth-order valence-corrected chi connectivity index (χ4v) is 3.13. The lowest BCUT2D eigenvalue weighted by atomic mass is 9.81. The Balaban J connectivity index is 0.000000476. The van der Waals surface area contributed by atoms with Crippen molar-refractivity contribution in [3.63, 3.8) is 0 Å². The van der Waals surface area contributed by atoms with Crippen molar-refractivity contribution in [1.29, 1.82) is 0 Å². The van der Waals surface area contributed by atoms with E-state index in [0.717, 1.165) is 18.3 Å². The van der Waals surface area contributed by atoms with Gasteiger partial charge in [-0.2, -0.15) is 0 Å². The molecule has 0 atom stereocenters. The average Bonchev–Trinajstić information content (AvgIpc) is 2.61. The molecule has 1 aliphatic carbocycles. The molecule has 1 aromatic carbocycles. The molecule has 0 N–H and O–H groups in total. The van der Waals surface area contributed by atoms with Gasteiger partial charge in [0.25, 0.3) is 0 Å². The highest BCUT2D eigenvalue weighted by Crippen LogP contribution is 2.35. The number of benzene rings is 1. The molecule has 154 valence electrons. The van der Waals surface area contributed by atoms with Crippen LogP contribution in [0.2, 0.25) is 0 Å². The Morgan fingerprint density at radius 1 is 1.00 bits per heavy atom. The average molecular weight is 371 g/mol. The van der Waals surface area contributed by atoms with Crippen LogP contribution in [0.3, 0.4) is 0 Å². The minimum Gasteiger partial charge on any atom is -0.0993 e. The summed E-state index contributed by atoms with van der Waals surface area (Å²) in [4.78, 5) is 0. The molecule has 0 bridgehead atoms. The van der Waals surface area contributed by atoms with Crippen LogP contribution in [0.4, 0.5) is 0 Å². The number of hydrogen-bond donors (Lipinski definition) is 0. The smallest absolute Gasteiger partial charge is 0.0162 e. The van der Waals surface area contributed by atoms with Crippen molar-refractivity contribution in [2.75, 3.05) is 0 Å². The van der Waals surface area contributed by atoms with Crippen molar-refractivity contribution in [2.45, 2.75) is 93.9 Å². The first-order valence-corrected chi connectivity index (χ1v) is 10.9. The molecule has 0 aliphatic heterocycles. The summed E-state index contributed by atoms with van der Waals surface area (Å²) < 4.78 is 0. The van der Waals surface area contributed by atoms with Gasteiger partial charge in [-0.25, -0.2) is 0 Å². The third kappa shape index (κ3) is 11.2. The van der Waals surface area contributed by atoms with Gasteiger partial charge >= 0.3 is 0 Å². The van der Waals surface area contributed by atoms with E-state index in [2.05, 4.69) is 92.8 Å². The number of rotatable bonds is 3. The minimum absolute atomic E-state index is 0.314. The van der Waals surface area contributed by atoms with Gasteiger partial charge in [0.1, 0.15) is 0 Å². The minimum atomic E-state index is 0.314. The first-order chi connectivity index (χ1) is 12.5. The fraction of sp³-hybridized carbons (Fsp3) is 0.630. The molecule has 1 aromatic rings. The van der Waals surface area contributed by atoms with Crippen molar-refractivity contribution >= 4 is 5.57 Å². The third-order valence-corrected chi connectivity index (χ3v) is 5.08. The van der Waals surface area contributed by atoms with Crippen molar-refractivity contribution in [3.8, 4) is 0 Å².